The van der Waals surface area contributed by atoms with E-state index in [9.17, 15) is 0 Å². The Balaban J connectivity index is 3.02. The third-order valence-corrected chi connectivity index (χ3v) is 1.77. The van der Waals surface area contributed by atoms with Crippen molar-refractivity contribution in [1.82, 2.24) is 0 Å². The van der Waals surface area contributed by atoms with Gasteiger partial charge < -0.3 is 10.6 Å². The zero-order chi connectivity index (χ0) is 11.1. The molecule has 0 amide bonds. The number of methoxy groups -OCH3 is 1. The second kappa shape index (κ2) is 5.54. The SMILES string of the molecule is C=NN=CC(=NN)c1cccc(OC)c1. The van der Waals surface area contributed by atoms with Crippen LogP contribution in [0.1, 0.15) is 5.56 Å². The van der Waals surface area contributed by atoms with Gasteiger partial charge >= 0.3 is 0 Å². The highest BCUT2D eigenvalue weighted by Gasteiger charge is 2.01. The highest BCUT2D eigenvalue weighted by atomic mass is 16.5. The fraction of sp³-hybridized carbons (Fsp3) is 0.100. The van der Waals surface area contributed by atoms with Gasteiger partial charge in [0.1, 0.15) is 11.5 Å². The van der Waals surface area contributed by atoms with Gasteiger partial charge in [0.05, 0.1) is 13.3 Å². The summed E-state index contributed by atoms with van der Waals surface area (Å²) in [6.07, 6.45) is 1.43. The molecule has 1 aromatic rings. The summed E-state index contributed by atoms with van der Waals surface area (Å²) in [6.45, 7) is 3.23. The molecule has 2 N–H and O–H groups in total. The molecule has 5 nitrogen and oxygen atoms in total. The Hall–Kier alpha value is -2.17. The summed E-state index contributed by atoms with van der Waals surface area (Å²) < 4.78 is 5.08. The number of ether oxygens (including phenoxy) is 1. The lowest BCUT2D eigenvalue weighted by atomic mass is 10.1. The van der Waals surface area contributed by atoms with Crippen LogP contribution in [0.3, 0.4) is 0 Å². The molecule has 0 spiro atoms. The van der Waals surface area contributed by atoms with Crippen molar-refractivity contribution < 1.29 is 4.74 Å². The normalized spacial score (nSPS) is 11.7. The second-order valence-corrected chi connectivity index (χ2v) is 2.63. The maximum atomic E-state index is 5.23. The summed E-state index contributed by atoms with van der Waals surface area (Å²) in [6, 6.07) is 7.33. The summed E-state index contributed by atoms with van der Waals surface area (Å²) >= 11 is 0. The Bertz CT molecular complexity index is 398. The van der Waals surface area contributed by atoms with Crippen molar-refractivity contribution in [3.63, 3.8) is 0 Å². The fourth-order valence-corrected chi connectivity index (χ4v) is 1.06. The van der Waals surface area contributed by atoms with Gasteiger partial charge in [0, 0.05) is 12.3 Å². The van der Waals surface area contributed by atoms with Gasteiger partial charge in [-0.1, -0.05) is 12.1 Å². The molecule has 1 rings (SSSR count). The van der Waals surface area contributed by atoms with E-state index in [1.54, 1.807) is 13.2 Å². The number of rotatable bonds is 4. The molecular weight excluding hydrogens is 192 g/mol. The van der Waals surface area contributed by atoms with Crippen LogP contribution in [0.15, 0.2) is 39.6 Å². The molecule has 78 valence electrons. The van der Waals surface area contributed by atoms with Crippen LogP contribution in [0, 0.1) is 0 Å². The van der Waals surface area contributed by atoms with Gasteiger partial charge in [0.2, 0.25) is 0 Å². The number of hydrogen-bond donors (Lipinski definition) is 1. The molecule has 0 bridgehead atoms. The van der Waals surface area contributed by atoms with Gasteiger partial charge in [0.25, 0.3) is 0 Å². The van der Waals surface area contributed by atoms with E-state index in [-0.39, 0.29) is 0 Å². The van der Waals surface area contributed by atoms with Gasteiger partial charge in [-0.25, -0.2) is 0 Å². The highest BCUT2D eigenvalue weighted by molar-refractivity contribution is 6.38. The highest BCUT2D eigenvalue weighted by Crippen LogP contribution is 2.12. The fourth-order valence-electron chi connectivity index (χ4n) is 1.06. The maximum absolute atomic E-state index is 5.23. The smallest absolute Gasteiger partial charge is 0.119 e. The first kappa shape index (κ1) is 10.9. The molecule has 0 saturated heterocycles. The van der Waals surface area contributed by atoms with Crippen LogP contribution in [0.25, 0.3) is 0 Å². The van der Waals surface area contributed by atoms with Crippen LogP contribution in [-0.4, -0.2) is 25.8 Å². The molecule has 1 aromatic carbocycles. The molecule has 0 heterocycles. The first-order valence-electron chi connectivity index (χ1n) is 4.23. The van der Waals surface area contributed by atoms with Crippen molar-refractivity contribution >= 4 is 18.6 Å². The summed E-state index contributed by atoms with van der Waals surface area (Å²) in [5.41, 5.74) is 1.32. The number of nitrogens with zero attached hydrogens (tertiary/aromatic N) is 3. The monoisotopic (exact) mass is 204 g/mol. The van der Waals surface area contributed by atoms with Gasteiger partial charge in [-0.3, -0.25) is 0 Å². The second-order valence-electron chi connectivity index (χ2n) is 2.63. The Morgan fingerprint density at radius 2 is 2.33 bits per heavy atom. The lowest BCUT2D eigenvalue weighted by Crippen LogP contribution is -2.05. The van der Waals surface area contributed by atoms with E-state index < -0.39 is 0 Å². The largest absolute Gasteiger partial charge is 0.497 e. The Kier molecular flexibility index (Phi) is 4.03. The molecule has 0 aliphatic rings. The van der Waals surface area contributed by atoms with Crippen LogP contribution >= 0.6 is 0 Å². The standard InChI is InChI=1S/C10H12N4O/c1-12-13-7-10(14-11)8-4-3-5-9(6-8)15-2/h3-7H,1,11H2,2H3. The molecule has 0 fully saturated rings. The summed E-state index contributed by atoms with van der Waals surface area (Å²) in [5, 5.41) is 10.6. The topological polar surface area (TPSA) is 72.3 Å². The first-order valence-corrected chi connectivity index (χ1v) is 4.23. The summed E-state index contributed by atoms with van der Waals surface area (Å²) in [5.74, 6) is 5.96. The average Bonchev–Trinajstić information content (AvgIpc) is 2.30. The average molecular weight is 204 g/mol. The maximum Gasteiger partial charge on any atom is 0.119 e. The number of hydrogen-bond acceptors (Lipinski definition) is 5. The molecule has 5 heteroatoms. The Morgan fingerprint density at radius 3 is 2.93 bits per heavy atom. The van der Waals surface area contributed by atoms with E-state index in [1.165, 1.54) is 6.21 Å². The lowest BCUT2D eigenvalue weighted by molar-refractivity contribution is 0.414. The van der Waals surface area contributed by atoms with Crippen LogP contribution in [0.4, 0.5) is 0 Å². The zero-order valence-electron chi connectivity index (χ0n) is 8.42. The minimum Gasteiger partial charge on any atom is -0.497 e. The molecule has 0 radical (unpaired) electrons. The minimum atomic E-state index is 0.515. The van der Waals surface area contributed by atoms with E-state index in [2.05, 4.69) is 22.0 Å². The van der Waals surface area contributed by atoms with E-state index in [0.717, 1.165) is 11.3 Å². The van der Waals surface area contributed by atoms with Gasteiger partial charge in [-0.05, 0) is 12.1 Å². The minimum absolute atomic E-state index is 0.515. The molecule has 15 heavy (non-hydrogen) atoms. The number of benzene rings is 1. The van der Waals surface area contributed by atoms with E-state index in [0.29, 0.717) is 5.71 Å². The van der Waals surface area contributed by atoms with Gasteiger partial charge in [-0.15, -0.1) is 0 Å². The lowest BCUT2D eigenvalue weighted by Gasteiger charge is -2.02. The predicted molar refractivity (Wildman–Crippen MR) is 61.8 cm³/mol. The van der Waals surface area contributed by atoms with Crippen LogP contribution < -0.4 is 10.6 Å². The predicted octanol–water partition coefficient (Wildman–Crippen LogP) is 1.04. The summed E-state index contributed by atoms with van der Waals surface area (Å²) in [7, 11) is 1.60. The molecule has 0 atom stereocenters. The molecule has 0 aromatic heterocycles. The van der Waals surface area contributed by atoms with Crippen molar-refractivity contribution in [2.75, 3.05) is 7.11 Å². The third-order valence-electron chi connectivity index (χ3n) is 1.77. The molecule has 0 aliphatic heterocycles. The van der Waals surface area contributed by atoms with Crippen LogP contribution in [-0.2, 0) is 0 Å². The summed E-state index contributed by atoms with van der Waals surface area (Å²) in [4.78, 5) is 0. The Morgan fingerprint density at radius 1 is 1.53 bits per heavy atom. The van der Waals surface area contributed by atoms with Gasteiger partial charge in [-0.2, -0.15) is 15.3 Å². The molecule has 0 aliphatic carbocycles. The first-order chi connectivity index (χ1) is 7.31. The van der Waals surface area contributed by atoms with E-state index >= 15 is 0 Å². The quantitative estimate of drug-likeness (QED) is 0.452. The van der Waals surface area contributed by atoms with Crippen LogP contribution in [0.2, 0.25) is 0 Å². The molecule has 0 saturated carbocycles. The van der Waals surface area contributed by atoms with Crippen molar-refractivity contribution in [2.24, 2.45) is 21.1 Å². The Labute approximate surface area is 88.0 Å². The van der Waals surface area contributed by atoms with Crippen LogP contribution in [0.5, 0.6) is 5.75 Å². The van der Waals surface area contributed by atoms with Crippen molar-refractivity contribution in [3.8, 4) is 5.75 Å². The number of nitrogens with two attached hydrogens (primary N) is 1. The zero-order valence-corrected chi connectivity index (χ0v) is 8.42. The third kappa shape index (κ3) is 2.91. The van der Waals surface area contributed by atoms with Crippen molar-refractivity contribution in [3.05, 3.63) is 29.8 Å². The van der Waals surface area contributed by atoms with Crippen molar-refractivity contribution in [2.45, 2.75) is 0 Å². The van der Waals surface area contributed by atoms with E-state index in [1.807, 2.05) is 18.2 Å². The molecule has 0 unspecified atom stereocenters. The van der Waals surface area contributed by atoms with Gasteiger partial charge in [0.15, 0.2) is 0 Å². The van der Waals surface area contributed by atoms with E-state index in [4.69, 9.17) is 10.6 Å². The van der Waals surface area contributed by atoms with Crippen molar-refractivity contribution in [1.29, 1.82) is 0 Å². The number of hydrazone groups is 1. The molecular formula is C10H12N4O.